The Morgan fingerprint density at radius 3 is 3.04 bits per heavy atom. The number of fused-ring (bicyclic) bond motifs is 2. The minimum atomic E-state index is -0.000285. The molecule has 0 aliphatic rings. The summed E-state index contributed by atoms with van der Waals surface area (Å²) in [5.41, 5.74) is 4.15. The van der Waals surface area contributed by atoms with Gasteiger partial charge in [0.25, 0.3) is 0 Å². The van der Waals surface area contributed by atoms with E-state index in [-0.39, 0.29) is 5.78 Å². The topological polar surface area (TPSA) is 88.0 Å². The van der Waals surface area contributed by atoms with E-state index in [2.05, 4.69) is 25.4 Å². The number of pyridine rings is 1. The second kappa shape index (κ2) is 5.45. The van der Waals surface area contributed by atoms with Crippen molar-refractivity contribution < 1.29 is 4.79 Å². The molecule has 0 atom stereocenters. The van der Waals surface area contributed by atoms with Crippen molar-refractivity contribution in [2.45, 2.75) is 13.8 Å². The van der Waals surface area contributed by atoms with Crippen molar-refractivity contribution in [3.05, 3.63) is 42.5 Å². The standard InChI is InChI=1S/C17H16N6O/c1-3-18-17-20-8-14-13(7-19-16(14)22-17)11-4-5-23-15(6-11)12(9-21-23)10(2)24/h4-9H,3H2,1-2H3,(H2,18,19,20,22). The lowest BCUT2D eigenvalue weighted by atomic mass is 10.1. The molecule has 0 saturated carbocycles. The van der Waals surface area contributed by atoms with Gasteiger partial charge in [0.05, 0.1) is 17.3 Å². The molecule has 0 unspecified atom stereocenters. The van der Waals surface area contributed by atoms with Crippen molar-refractivity contribution in [3.63, 3.8) is 0 Å². The van der Waals surface area contributed by atoms with Crippen molar-refractivity contribution in [2.75, 3.05) is 11.9 Å². The van der Waals surface area contributed by atoms with Gasteiger partial charge in [-0.3, -0.25) is 4.79 Å². The molecule has 0 spiro atoms. The number of carbonyl (C=O) groups is 1. The Labute approximate surface area is 137 Å². The molecule has 2 N–H and O–H groups in total. The van der Waals surface area contributed by atoms with Crippen LogP contribution in [0, 0.1) is 0 Å². The molecule has 24 heavy (non-hydrogen) atoms. The molecule has 7 nitrogen and oxygen atoms in total. The van der Waals surface area contributed by atoms with Crippen LogP contribution in [0.15, 0.2) is 36.9 Å². The summed E-state index contributed by atoms with van der Waals surface area (Å²) in [7, 11) is 0. The van der Waals surface area contributed by atoms with Gasteiger partial charge < -0.3 is 10.3 Å². The minimum absolute atomic E-state index is 0.000285. The van der Waals surface area contributed by atoms with Gasteiger partial charge in [-0.25, -0.2) is 9.50 Å². The largest absolute Gasteiger partial charge is 0.354 e. The molecule has 0 aliphatic carbocycles. The number of Topliss-reactive ketones (excluding diaryl/α,β-unsaturated/α-hetero) is 1. The molecule has 7 heteroatoms. The van der Waals surface area contributed by atoms with E-state index in [1.54, 1.807) is 23.8 Å². The summed E-state index contributed by atoms with van der Waals surface area (Å²) in [6.07, 6.45) is 7.16. The second-order valence-corrected chi connectivity index (χ2v) is 5.55. The number of ketones is 1. The molecular weight excluding hydrogens is 304 g/mol. The Hall–Kier alpha value is -3.22. The van der Waals surface area contributed by atoms with Crippen molar-refractivity contribution in [1.82, 2.24) is 24.6 Å². The van der Waals surface area contributed by atoms with E-state index in [4.69, 9.17) is 0 Å². The highest BCUT2D eigenvalue weighted by Crippen LogP contribution is 2.29. The van der Waals surface area contributed by atoms with Gasteiger partial charge in [-0.2, -0.15) is 10.1 Å². The first-order chi connectivity index (χ1) is 11.7. The van der Waals surface area contributed by atoms with E-state index in [0.717, 1.165) is 34.2 Å². The van der Waals surface area contributed by atoms with E-state index < -0.39 is 0 Å². The maximum Gasteiger partial charge on any atom is 0.224 e. The van der Waals surface area contributed by atoms with Gasteiger partial charge in [0, 0.05) is 36.1 Å². The summed E-state index contributed by atoms with van der Waals surface area (Å²) in [5, 5.41) is 8.24. The lowest BCUT2D eigenvalue weighted by Crippen LogP contribution is -2.01. The third-order valence-electron chi connectivity index (χ3n) is 3.98. The first-order valence-corrected chi connectivity index (χ1v) is 7.74. The van der Waals surface area contributed by atoms with Crippen LogP contribution in [-0.2, 0) is 0 Å². The maximum atomic E-state index is 11.7. The van der Waals surface area contributed by atoms with Crippen molar-refractivity contribution in [2.24, 2.45) is 0 Å². The molecule has 120 valence electrons. The fraction of sp³-hybridized carbons (Fsp3) is 0.176. The first-order valence-electron chi connectivity index (χ1n) is 7.74. The summed E-state index contributed by atoms with van der Waals surface area (Å²) in [6, 6.07) is 3.93. The van der Waals surface area contributed by atoms with Gasteiger partial charge in [0.15, 0.2) is 5.78 Å². The van der Waals surface area contributed by atoms with Crippen LogP contribution in [0.4, 0.5) is 5.95 Å². The van der Waals surface area contributed by atoms with Crippen LogP contribution in [0.3, 0.4) is 0 Å². The zero-order valence-corrected chi connectivity index (χ0v) is 13.4. The molecule has 0 fully saturated rings. The van der Waals surface area contributed by atoms with Crippen molar-refractivity contribution >= 4 is 28.3 Å². The number of nitrogens with one attached hydrogen (secondary N) is 2. The predicted octanol–water partition coefficient (Wildman–Crippen LogP) is 2.91. The van der Waals surface area contributed by atoms with Gasteiger partial charge in [0.1, 0.15) is 5.65 Å². The van der Waals surface area contributed by atoms with Crippen LogP contribution < -0.4 is 5.32 Å². The van der Waals surface area contributed by atoms with E-state index in [1.807, 2.05) is 31.5 Å². The zero-order valence-electron chi connectivity index (χ0n) is 13.4. The molecule has 4 heterocycles. The number of H-pyrrole nitrogens is 1. The fourth-order valence-electron chi connectivity index (χ4n) is 2.81. The highest BCUT2D eigenvalue weighted by molar-refractivity contribution is 6.02. The molecule has 0 amide bonds. The van der Waals surface area contributed by atoms with Crippen LogP contribution in [0.25, 0.3) is 27.7 Å². The molecule has 0 bridgehead atoms. The van der Waals surface area contributed by atoms with Gasteiger partial charge in [-0.15, -0.1) is 0 Å². The highest BCUT2D eigenvalue weighted by Gasteiger charge is 2.13. The maximum absolute atomic E-state index is 11.7. The summed E-state index contributed by atoms with van der Waals surface area (Å²) < 4.78 is 1.70. The predicted molar refractivity (Wildman–Crippen MR) is 92.2 cm³/mol. The molecular formula is C17H16N6O. The van der Waals surface area contributed by atoms with Crippen LogP contribution in [0.5, 0.6) is 0 Å². The average molecular weight is 320 g/mol. The van der Waals surface area contributed by atoms with Gasteiger partial charge >= 0.3 is 0 Å². The smallest absolute Gasteiger partial charge is 0.224 e. The summed E-state index contributed by atoms with van der Waals surface area (Å²) in [5.74, 6) is 0.600. The van der Waals surface area contributed by atoms with E-state index >= 15 is 0 Å². The van der Waals surface area contributed by atoms with Crippen LogP contribution in [0.2, 0.25) is 0 Å². The van der Waals surface area contributed by atoms with E-state index in [9.17, 15) is 4.79 Å². The van der Waals surface area contributed by atoms with Crippen LogP contribution >= 0.6 is 0 Å². The lowest BCUT2D eigenvalue weighted by molar-refractivity contribution is 0.101. The number of hydrogen-bond acceptors (Lipinski definition) is 5. The van der Waals surface area contributed by atoms with E-state index in [0.29, 0.717) is 11.5 Å². The molecule has 4 aromatic heterocycles. The Bertz CT molecular complexity index is 1060. The molecule has 4 aromatic rings. The number of rotatable bonds is 4. The Balaban J connectivity index is 1.86. The minimum Gasteiger partial charge on any atom is -0.354 e. The van der Waals surface area contributed by atoms with Crippen LogP contribution in [-0.4, -0.2) is 36.9 Å². The Morgan fingerprint density at radius 2 is 2.25 bits per heavy atom. The molecule has 0 radical (unpaired) electrons. The number of aromatic nitrogens is 5. The third-order valence-corrected chi connectivity index (χ3v) is 3.98. The Morgan fingerprint density at radius 1 is 1.38 bits per heavy atom. The second-order valence-electron chi connectivity index (χ2n) is 5.55. The fourth-order valence-corrected chi connectivity index (χ4v) is 2.81. The zero-order chi connectivity index (χ0) is 16.7. The van der Waals surface area contributed by atoms with Gasteiger partial charge in [0.2, 0.25) is 5.95 Å². The van der Waals surface area contributed by atoms with Gasteiger partial charge in [-0.1, -0.05) is 0 Å². The third kappa shape index (κ3) is 2.21. The Kier molecular flexibility index (Phi) is 3.26. The van der Waals surface area contributed by atoms with Crippen molar-refractivity contribution in [3.8, 4) is 11.1 Å². The number of aromatic amines is 1. The summed E-state index contributed by atoms with van der Waals surface area (Å²) in [4.78, 5) is 23.7. The molecule has 0 aliphatic heterocycles. The number of hydrogen-bond donors (Lipinski definition) is 2. The average Bonchev–Trinajstić information content (AvgIpc) is 3.18. The van der Waals surface area contributed by atoms with Gasteiger partial charge in [-0.05, 0) is 31.5 Å². The summed E-state index contributed by atoms with van der Waals surface area (Å²) >= 11 is 0. The van der Waals surface area contributed by atoms with Crippen molar-refractivity contribution in [1.29, 1.82) is 0 Å². The quantitative estimate of drug-likeness (QED) is 0.564. The van der Waals surface area contributed by atoms with Crippen LogP contribution in [0.1, 0.15) is 24.2 Å². The molecule has 4 rings (SSSR count). The van der Waals surface area contributed by atoms with E-state index in [1.165, 1.54) is 0 Å². The molecule has 0 aromatic carbocycles. The lowest BCUT2D eigenvalue weighted by Gasteiger charge is -2.03. The number of carbonyl (C=O) groups excluding carboxylic acids is 1. The monoisotopic (exact) mass is 320 g/mol. The first kappa shape index (κ1) is 14.4. The number of anilines is 1. The number of nitrogens with zero attached hydrogens (tertiary/aromatic N) is 4. The molecule has 0 saturated heterocycles. The summed E-state index contributed by atoms with van der Waals surface area (Å²) in [6.45, 7) is 4.32. The highest BCUT2D eigenvalue weighted by atomic mass is 16.1. The normalized spacial score (nSPS) is 11.2. The SMILES string of the molecule is CCNc1ncc2c(-c3ccn4ncc(C(C)=O)c4c3)c[nH]c2n1.